The summed E-state index contributed by atoms with van der Waals surface area (Å²) in [7, 11) is 0. The number of rotatable bonds is 6. The molecule has 0 spiro atoms. The van der Waals surface area contributed by atoms with Gasteiger partial charge in [-0.2, -0.15) is 0 Å². The molecule has 118 valence electrons. The molecular weight excluding hydrogens is 283 g/mol. The number of hydrogen-bond donors (Lipinski definition) is 1. The lowest BCUT2D eigenvalue weighted by atomic mass is 9.82. The maximum absolute atomic E-state index is 13.2. The number of benzene rings is 1. The quantitative estimate of drug-likeness (QED) is 0.892. The van der Waals surface area contributed by atoms with Gasteiger partial charge in [0.05, 0.1) is 12.0 Å². The van der Waals surface area contributed by atoms with Gasteiger partial charge in [-0.3, -0.25) is 9.36 Å². The minimum absolute atomic E-state index is 0.0103. The molecule has 0 aliphatic rings. The largest absolute Gasteiger partial charge is 0.389 e. The van der Waals surface area contributed by atoms with Gasteiger partial charge < -0.3 is 5.11 Å². The van der Waals surface area contributed by atoms with Crippen LogP contribution in [0.5, 0.6) is 0 Å². The molecule has 0 aliphatic carbocycles. The molecule has 22 heavy (non-hydrogen) atoms. The normalized spacial score (nSPS) is 14.0. The first-order chi connectivity index (χ1) is 10.4. The molecule has 0 fully saturated rings. The molecule has 0 aliphatic heterocycles. The van der Waals surface area contributed by atoms with Crippen LogP contribution < -0.4 is 0 Å². The summed E-state index contributed by atoms with van der Waals surface area (Å²) in [6.45, 7) is 3.76. The van der Waals surface area contributed by atoms with Gasteiger partial charge in [-0.25, -0.2) is 9.37 Å². The van der Waals surface area contributed by atoms with E-state index in [1.165, 1.54) is 29.2 Å². The minimum Gasteiger partial charge on any atom is -0.389 e. The standard InChI is InChI=1S/C17H21FN2O2/c1-13(2)17(22,11-16(21)20-9-8-19-12-20)7-6-14-4-3-5-15(18)10-14/h3-5,8-10,12-13,22H,6-7,11H2,1-2H3. The Kier molecular flexibility index (Phi) is 5.08. The number of hydrogen-bond acceptors (Lipinski definition) is 3. The Morgan fingerprint density at radius 2 is 2.23 bits per heavy atom. The molecule has 5 heteroatoms. The second kappa shape index (κ2) is 6.83. The van der Waals surface area contributed by atoms with Gasteiger partial charge in [-0.05, 0) is 36.5 Å². The molecule has 4 nitrogen and oxygen atoms in total. The van der Waals surface area contributed by atoms with E-state index in [0.717, 1.165) is 5.56 Å². The SMILES string of the molecule is CC(C)C(O)(CCc1cccc(F)c1)CC(=O)n1ccnc1. The highest BCUT2D eigenvalue weighted by molar-refractivity contribution is 5.79. The maximum Gasteiger partial charge on any atom is 0.234 e. The van der Waals surface area contributed by atoms with E-state index in [1.807, 2.05) is 19.9 Å². The van der Waals surface area contributed by atoms with Crippen LogP contribution in [0.15, 0.2) is 43.0 Å². The zero-order chi connectivity index (χ0) is 16.2. The number of carbonyl (C=O) groups is 1. The van der Waals surface area contributed by atoms with E-state index in [-0.39, 0.29) is 24.1 Å². The molecule has 0 bridgehead atoms. The summed E-state index contributed by atoms with van der Waals surface area (Å²) < 4.78 is 14.6. The zero-order valence-electron chi connectivity index (χ0n) is 12.9. The monoisotopic (exact) mass is 304 g/mol. The highest BCUT2D eigenvalue weighted by Gasteiger charge is 2.33. The van der Waals surface area contributed by atoms with Gasteiger partial charge in [0.15, 0.2) is 0 Å². The van der Waals surface area contributed by atoms with Crippen molar-refractivity contribution in [2.75, 3.05) is 0 Å². The van der Waals surface area contributed by atoms with Crippen LogP contribution in [0.25, 0.3) is 0 Å². The number of halogens is 1. The fraction of sp³-hybridized carbons (Fsp3) is 0.412. The summed E-state index contributed by atoms with van der Waals surface area (Å²) in [4.78, 5) is 16.0. The van der Waals surface area contributed by atoms with Crippen molar-refractivity contribution in [2.24, 2.45) is 5.92 Å². The summed E-state index contributed by atoms with van der Waals surface area (Å²) in [6, 6.07) is 6.32. The molecule has 1 atom stereocenters. The fourth-order valence-electron chi connectivity index (χ4n) is 2.39. The highest BCUT2D eigenvalue weighted by Crippen LogP contribution is 2.28. The first-order valence-electron chi connectivity index (χ1n) is 7.39. The average Bonchev–Trinajstić information content (AvgIpc) is 2.99. The van der Waals surface area contributed by atoms with Crippen molar-refractivity contribution in [2.45, 2.75) is 38.7 Å². The van der Waals surface area contributed by atoms with Crippen molar-refractivity contribution in [1.82, 2.24) is 9.55 Å². The van der Waals surface area contributed by atoms with Crippen LogP contribution in [-0.4, -0.2) is 26.2 Å². The third kappa shape index (κ3) is 4.01. The zero-order valence-corrected chi connectivity index (χ0v) is 12.9. The number of aromatic nitrogens is 2. The van der Waals surface area contributed by atoms with Crippen molar-refractivity contribution in [3.05, 3.63) is 54.4 Å². The Morgan fingerprint density at radius 3 is 2.82 bits per heavy atom. The third-order valence-electron chi connectivity index (χ3n) is 4.06. The third-order valence-corrected chi connectivity index (χ3v) is 4.06. The van der Waals surface area contributed by atoms with Gasteiger partial charge in [0.1, 0.15) is 12.1 Å². The van der Waals surface area contributed by atoms with Crippen LogP contribution in [0.1, 0.15) is 37.0 Å². The molecule has 0 saturated heterocycles. The van der Waals surface area contributed by atoms with Gasteiger partial charge in [0.25, 0.3) is 0 Å². The summed E-state index contributed by atoms with van der Waals surface area (Å²) in [5.41, 5.74) is -0.317. The topological polar surface area (TPSA) is 55.1 Å². The van der Waals surface area contributed by atoms with Crippen molar-refractivity contribution >= 4 is 5.91 Å². The molecule has 2 aromatic rings. The van der Waals surface area contributed by atoms with Gasteiger partial charge in [0.2, 0.25) is 5.91 Å². The molecule has 0 amide bonds. The molecule has 1 aromatic carbocycles. The summed E-state index contributed by atoms with van der Waals surface area (Å²) >= 11 is 0. The lowest BCUT2D eigenvalue weighted by Crippen LogP contribution is -2.39. The van der Waals surface area contributed by atoms with Crippen LogP contribution in [0, 0.1) is 11.7 Å². The fourth-order valence-corrected chi connectivity index (χ4v) is 2.39. The average molecular weight is 304 g/mol. The number of aliphatic hydroxyl groups is 1. The van der Waals surface area contributed by atoms with E-state index in [0.29, 0.717) is 12.8 Å². The lowest BCUT2D eigenvalue weighted by Gasteiger charge is -2.31. The predicted molar refractivity (Wildman–Crippen MR) is 82.0 cm³/mol. The van der Waals surface area contributed by atoms with Gasteiger partial charge in [0, 0.05) is 12.4 Å². The Labute approximate surface area is 129 Å². The summed E-state index contributed by atoms with van der Waals surface area (Å²) in [5.74, 6) is -0.582. The molecule has 0 radical (unpaired) electrons. The molecule has 1 unspecified atom stereocenters. The predicted octanol–water partition coefficient (Wildman–Crippen LogP) is 3.07. The Hall–Kier alpha value is -2.01. The number of carbonyl (C=O) groups excluding carboxylic acids is 1. The Bertz CT molecular complexity index is 625. The van der Waals surface area contributed by atoms with Crippen LogP contribution in [0.2, 0.25) is 0 Å². The van der Waals surface area contributed by atoms with E-state index in [2.05, 4.69) is 4.98 Å². The maximum atomic E-state index is 13.2. The smallest absolute Gasteiger partial charge is 0.234 e. The first-order valence-corrected chi connectivity index (χ1v) is 7.39. The highest BCUT2D eigenvalue weighted by atomic mass is 19.1. The molecular formula is C17H21FN2O2. The van der Waals surface area contributed by atoms with E-state index < -0.39 is 5.60 Å². The van der Waals surface area contributed by atoms with Gasteiger partial charge in [-0.15, -0.1) is 0 Å². The number of imidazole rings is 1. The summed E-state index contributed by atoms with van der Waals surface area (Å²) in [5, 5.41) is 10.8. The molecule has 0 saturated carbocycles. The van der Waals surface area contributed by atoms with E-state index in [9.17, 15) is 14.3 Å². The molecule has 1 aromatic heterocycles. The second-order valence-electron chi connectivity index (χ2n) is 5.93. The Morgan fingerprint density at radius 1 is 1.45 bits per heavy atom. The van der Waals surface area contributed by atoms with Crippen LogP contribution in [0.3, 0.4) is 0 Å². The second-order valence-corrected chi connectivity index (χ2v) is 5.93. The molecule has 2 rings (SSSR count). The van der Waals surface area contributed by atoms with Crippen LogP contribution in [0.4, 0.5) is 4.39 Å². The van der Waals surface area contributed by atoms with Crippen LogP contribution in [-0.2, 0) is 6.42 Å². The minimum atomic E-state index is -1.13. The van der Waals surface area contributed by atoms with Crippen LogP contribution >= 0.6 is 0 Å². The van der Waals surface area contributed by atoms with Crippen molar-refractivity contribution < 1.29 is 14.3 Å². The van der Waals surface area contributed by atoms with Gasteiger partial charge >= 0.3 is 0 Å². The van der Waals surface area contributed by atoms with Crippen molar-refractivity contribution in [1.29, 1.82) is 0 Å². The van der Waals surface area contributed by atoms with Crippen molar-refractivity contribution in [3.8, 4) is 0 Å². The number of nitrogens with zero attached hydrogens (tertiary/aromatic N) is 2. The number of aryl methyl sites for hydroxylation is 1. The first kappa shape index (κ1) is 16.4. The van der Waals surface area contributed by atoms with E-state index >= 15 is 0 Å². The lowest BCUT2D eigenvalue weighted by molar-refractivity contribution is -0.0173. The Balaban J connectivity index is 2.06. The molecule has 1 heterocycles. The van der Waals surface area contributed by atoms with E-state index in [1.54, 1.807) is 12.3 Å². The molecule has 1 N–H and O–H groups in total. The van der Waals surface area contributed by atoms with Crippen molar-refractivity contribution in [3.63, 3.8) is 0 Å². The summed E-state index contributed by atoms with van der Waals surface area (Å²) in [6.07, 6.45) is 5.44. The van der Waals surface area contributed by atoms with E-state index in [4.69, 9.17) is 0 Å². The van der Waals surface area contributed by atoms with Gasteiger partial charge in [-0.1, -0.05) is 26.0 Å².